The lowest BCUT2D eigenvalue weighted by Gasteiger charge is -2.06. The van der Waals surface area contributed by atoms with E-state index < -0.39 is 0 Å². The molecule has 0 bridgehead atoms. The van der Waals surface area contributed by atoms with Crippen molar-refractivity contribution in [1.82, 2.24) is 35.3 Å². The summed E-state index contributed by atoms with van der Waals surface area (Å²) in [6, 6.07) is 11.4. The number of carbonyl (C=O) groups excluding carboxylic acids is 1. The summed E-state index contributed by atoms with van der Waals surface area (Å²) in [6.45, 7) is 4.78. The molecule has 3 aromatic heterocycles. The third-order valence-electron chi connectivity index (χ3n) is 4.70. The number of imidazole rings is 1. The second-order valence-electron chi connectivity index (χ2n) is 6.78. The highest BCUT2D eigenvalue weighted by atomic mass is 16.5. The fourth-order valence-electron chi connectivity index (χ4n) is 3.19. The van der Waals surface area contributed by atoms with Gasteiger partial charge in [0.25, 0.3) is 5.91 Å². The van der Waals surface area contributed by atoms with Crippen LogP contribution in [0.4, 0.5) is 0 Å². The van der Waals surface area contributed by atoms with E-state index >= 15 is 0 Å². The number of hydrogen-bond acceptors (Lipinski definition) is 6. The molecule has 0 spiro atoms. The van der Waals surface area contributed by atoms with E-state index in [9.17, 15) is 4.79 Å². The highest BCUT2D eigenvalue weighted by molar-refractivity contribution is 5.95. The molecule has 4 rings (SSSR count). The van der Waals surface area contributed by atoms with Crippen molar-refractivity contribution in [2.24, 2.45) is 0 Å². The molecule has 3 heterocycles. The van der Waals surface area contributed by atoms with Crippen LogP contribution in [-0.4, -0.2) is 49.0 Å². The lowest BCUT2D eigenvalue weighted by Crippen LogP contribution is -2.25. The molecule has 0 radical (unpaired) electrons. The number of para-hydroxylation sites is 2. The summed E-state index contributed by atoms with van der Waals surface area (Å²) in [7, 11) is 0. The zero-order chi connectivity index (χ0) is 20.9. The van der Waals surface area contributed by atoms with Crippen molar-refractivity contribution in [2.45, 2.75) is 26.7 Å². The summed E-state index contributed by atoms with van der Waals surface area (Å²) in [5.41, 5.74) is 3.19. The second-order valence-corrected chi connectivity index (χ2v) is 6.78. The van der Waals surface area contributed by atoms with E-state index in [0.717, 1.165) is 29.7 Å². The number of H-pyrrole nitrogens is 1. The maximum absolute atomic E-state index is 12.6. The Balaban J connectivity index is 1.33. The molecule has 9 nitrogen and oxygen atoms in total. The summed E-state index contributed by atoms with van der Waals surface area (Å²) in [6.07, 6.45) is 3.08. The number of aryl methyl sites for hydroxylation is 1. The molecular weight excluding hydrogens is 382 g/mol. The molecule has 0 fully saturated rings. The summed E-state index contributed by atoms with van der Waals surface area (Å²) in [5, 5.41) is 15.3. The fraction of sp³-hybridized carbons (Fsp3) is 0.286. The van der Waals surface area contributed by atoms with Crippen LogP contribution in [0.5, 0.6) is 5.88 Å². The van der Waals surface area contributed by atoms with Crippen LogP contribution in [-0.2, 0) is 6.42 Å². The number of carbonyl (C=O) groups is 1. The maximum atomic E-state index is 12.6. The molecule has 30 heavy (non-hydrogen) atoms. The summed E-state index contributed by atoms with van der Waals surface area (Å²) < 4.78 is 6.89. The number of nitrogens with zero attached hydrogens (tertiary/aromatic N) is 5. The van der Waals surface area contributed by atoms with Crippen molar-refractivity contribution >= 4 is 16.9 Å². The Labute approximate surface area is 173 Å². The normalized spacial score (nSPS) is 11.0. The van der Waals surface area contributed by atoms with E-state index in [4.69, 9.17) is 4.74 Å². The lowest BCUT2D eigenvalue weighted by atomic mass is 10.2. The smallest absolute Gasteiger partial charge is 0.254 e. The average Bonchev–Trinajstić information content (AvgIpc) is 3.35. The number of aromatic nitrogens is 6. The van der Waals surface area contributed by atoms with Crippen molar-refractivity contribution < 1.29 is 9.53 Å². The number of ether oxygens (including phenoxy) is 1. The van der Waals surface area contributed by atoms with Gasteiger partial charge in [0.1, 0.15) is 5.82 Å². The van der Waals surface area contributed by atoms with Crippen LogP contribution >= 0.6 is 0 Å². The first-order valence-electron chi connectivity index (χ1n) is 9.89. The molecule has 4 aromatic rings. The summed E-state index contributed by atoms with van der Waals surface area (Å²) in [5.74, 6) is 1.74. The molecule has 0 aliphatic rings. The zero-order valence-electron chi connectivity index (χ0n) is 16.9. The monoisotopic (exact) mass is 405 g/mol. The topological polar surface area (TPSA) is 111 Å². The minimum atomic E-state index is -0.165. The van der Waals surface area contributed by atoms with E-state index in [-0.39, 0.29) is 5.91 Å². The number of rotatable bonds is 8. The van der Waals surface area contributed by atoms with E-state index in [1.54, 1.807) is 23.0 Å². The highest BCUT2D eigenvalue weighted by Gasteiger charge is 2.16. The predicted octanol–water partition coefficient (Wildman–Crippen LogP) is 2.61. The molecule has 0 saturated heterocycles. The first kappa shape index (κ1) is 19.6. The first-order chi connectivity index (χ1) is 14.7. The van der Waals surface area contributed by atoms with Crippen LogP contribution in [0.1, 0.15) is 35.2 Å². The van der Waals surface area contributed by atoms with Gasteiger partial charge in [0.15, 0.2) is 5.82 Å². The van der Waals surface area contributed by atoms with Crippen LogP contribution in [0.2, 0.25) is 0 Å². The average molecular weight is 405 g/mol. The van der Waals surface area contributed by atoms with E-state index in [0.29, 0.717) is 36.1 Å². The molecule has 9 heteroatoms. The molecule has 1 amide bonds. The van der Waals surface area contributed by atoms with Crippen LogP contribution in [0.15, 0.2) is 42.6 Å². The Kier molecular flexibility index (Phi) is 5.69. The van der Waals surface area contributed by atoms with Crippen molar-refractivity contribution in [2.75, 3.05) is 13.2 Å². The molecule has 0 unspecified atom stereocenters. The molecule has 154 valence electrons. The third kappa shape index (κ3) is 4.14. The highest BCUT2D eigenvalue weighted by Crippen LogP contribution is 2.14. The lowest BCUT2D eigenvalue weighted by molar-refractivity contribution is 0.0952. The molecule has 0 aliphatic carbocycles. The van der Waals surface area contributed by atoms with Gasteiger partial charge in [-0.15, -0.1) is 10.2 Å². The summed E-state index contributed by atoms with van der Waals surface area (Å²) >= 11 is 0. The van der Waals surface area contributed by atoms with Gasteiger partial charge in [0.05, 0.1) is 35.1 Å². The Morgan fingerprint density at radius 2 is 2.07 bits per heavy atom. The van der Waals surface area contributed by atoms with E-state index in [1.807, 2.05) is 38.1 Å². The number of hydrogen-bond donors (Lipinski definition) is 2. The van der Waals surface area contributed by atoms with Gasteiger partial charge < -0.3 is 15.0 Å². The summed E-state index contributed by atoms with van der Waals surface area (Å²) in [4.78, 5) is 20.4. The van der Waals surface area contributed by atoms with Crippen molar-refractivity contribution in [3.63, 3.8) is 0 Å². The number of fused-ring (bicyclic) bond motifs is 1. The molecule has 0 atom stereocenters. The molecule has 1 aromatic carbocycles. The Morgan fingerprint density at radius 3 is 2.83 bits per heavy atom. The van der Waals surface area contributed by atoms with Gasteiger partial charge in [-0.05, 0) is 38.5 Å². The van der Waals surface area contributed by atoms with Gasteiger partial charge in [-0.1, -0.05) is 12.1 Å². The minimum absolute atomic E-state index is 0.165. The van der Waals surface area contributed by atoms with Crippen LogP contribution in [0, 0.1) is 6.92 Å². The van der Waals surface area contributed by atoms with Gasteiger partial charge in [0, 0.05) is 19.0 Å². The largest absolute Gasteiger partial charge is 0.477 e. The van der Waals surface area contributed by atoms with Gasteiger partial charge in [-0.25, -0.2) is 9.67 Å². The van der Waals surface area contributed by atoms with Crippen molar-refractivity contribution in [3.8, 4) is 11.7 Å². The Hall–Kier alpha value is -3.75. The van der Waals surface area contributed by atoms with Crippen molar-refractivity contribution in [3.05, 3.63) is 59.7 Å². The third-order valence-corrected chi connectivity index (χ3v) is 4.70. The number of amides is 1. The number of benzene rings is 1. The van der Waals surface area contributed by atoms with E-state index in [2.05, 4.69) is 30.6 Å². The number of nitrogens with one attached hydrogen (secondary N) is 2. The Morgan fingerprint density at radius 1 is 1.20 bits per heavy atom. The molecular formula is C21H23N7O2. The zero-order valence-corrected chi connectivity index (χ0v) is 16.9. The molecule has 2 N–H and O–H groups in total. The van der Waals surface area contributed by atoms with E-state index in [1.165, 1.54) is 0 Å². The fourth-order valence-corrected chi connectivity index (χ4v) is 3.19. The van der Waals surface area contributed by atoms with Gasteiger partial charge in [-0.2, -0.15) is 5.10 Å². The first-order valence-corrected chi connectivity index (χ1v) is 9.89. The van der Waals surface area contributed by atoms with Gasteiger partial charge >= 0.3 is 0 Å². The van der Waals surface area contributed by atoms with Crippen molar-refractivity contribution in [1.29, 1.82) is 0 Å². The molecule has 0 saturated carbocycles. The second kappa shape index (κ2) is 8.73. The number of aromatic amines is 1. The maximum Gasteiger partial charge on any atom is 0.254 e. The molecule has 0 aliphatic heterocycles. The van der Waals surface area contributed by atoms with Gasteiger partial charge in [0.2, 0.25) is 5.88 Å². The SMILES string of the molecule is CCOc1ccc(-n2ncc(C(=O)NCCCc3nc4ccccc4[nH]3)c2C)nn1. The standard InChI is InChI=1S/C21H23N7O2/c1-3-30-20-11-10-19(26-27-20)28-14(2)15(13-23-28)21(29)22-12-6-9-18-24-16-7-4-5-8-17(16)25-18/h4-5,7-8,10-11,13H,3,6,9,12H2,1-2H3,(H,22,29)(H,24,25). The Bertz CT molecular complexity index is 1110. The van der Waals surface area contributed by atoms with Crippen LogP contribution in [0.3, 0.4) is 0 Å². The minimum Gasteiger partial charge on any atom is -0.477 e. The quantitative estimate of drug-likeness (QED) is 0.436. The van der Waals surface area contributed by atoms with Gasteiger partial charge in [-0.3, -0.25) is 4.79 Å². The predicted molar refractivity (Wildman–Crippen MR) is 112 cm³/mol. The van der Waals surface area contributed by atoms with Crippen LogP contribution < -0.4 is 10.1 Å². The van der Waals surface area contributed by atoms with Crippen LogP contribution in [0.25, 0.3) is 16.9 Å².